The number of rotatable bonds is 3. The van der Waals surface area contributed by atoms with Crippen molar-refractivity contribution in [3.8, 4) is 0 Å². The number of nitrogens with zero attached hydrogens (tertiary/aromatic N) is 3. The number of carbonyl (C=O) groups is 2. The normalized spacial score (nSPS) is 17.4. The van der Waals surface area contributed by atoms with Crippen molar-refractivity contribution in [2.45, 2.75) is 25.9 Å². The van der Waals surface area contributed by atoms with Crippen LogP contribution >= 0.6 is 34.5 Å². The van der Waals surface area contributed by atoms with Crippen LogP contribution in [0.15, 0.2) is 88.1 Å². The highest BCUT2D eigenvalue weighted by Gasteiger charge is 2.66. The zero-order valence-electron chi connectivity index (χ0n) is 23.4. The molecule has 0 saturated heterocycles. The second kappa shape index (κ2) is 9.50. The van der Waals surface area contributed by atoms with Crippen molar-refractivity contribution >= 4 is 78.4 Å². The zero-order chi connectivity index (χ0) is 30.5. The molecule has 2 aliphatic rings. The predicted octanol–water partition coefficient (Wildman–Crippen LogP) is 7.78. The Morgan fingerprint density at radius 3 is 2.48 bits per heavy atom. The van der Waals surface area contributed by atoms with Crippen molar-refractivity contribution < 1.29 is 14.0 Å². The molecule has 8 rings (SSSR count). The Morgan fingerprint density at radius 1 is 0.909 bits per heavy atom. The number of anilines is 2. The molecule has 4 heterocycles. The Hall–Kier alpha value is -4.50. The van der Waals surface area contributed by atoms with E-state index < -0.39 is 22.8 Å². The first-order valence-corrected chi connectivity index (χ1v) is 15.4. The van der Waals surface area contributed by atoms with Gasteiger partial charge < -0.3 is 9.32 Å². The van der Waals surface area contributed by atoms with Crippen LogP contribution in [-0.4, -0.2) is 16.8 Å². The molecule has 2 amide bonds. The third-order valence-corrected chi connectivity index (χ3v) is 10.2. The van der Waals surface area contributed by atoms with Crippen molar-refractivity contribution in [2.24, 2.45) is 0 Å². The molecule has 10 heteroatoms. The number of aryl methyl sites for hydroxylation is 2. The molecule has 1 atom stereocenters. The van der Waals surface area contributed by atoms with Crippen LogP contribution in [0.5, 0.6) is 0 Å². The Bertz CT molecular complexity index is 2310. The maximum absolute atomic E-state index is 15.1. The summed E-state index contributed by atoms with van der Waals surface area (Å²) in [6, 6.07) is 23.2. The van der Waals surface area contributed by atoms with Crippen LogP contribution in [0.4, 0.5) is 10.8 Å². The van der Waals surface area contributed by atoms with E-state index in [1.54, 1.807) is 53.4 Å². The largest absolute Gasteiger partial charge is 0.450 e. The van der Waals surface area contributed by atoms with Crippen LogP contribution in [-0.2, 0) is 16.9 Å². The third kappa shape index (κ3) is 3.56. The molecule has 0 saturated carbocycles. The molecule has 0 N–H and O–H groups in total. The SMILES string of the molecule is Cc1cc2oc3c(c(=O)c2cc1C)C1(C(=O)N(Cc2ccccc2Cl)c2ccccc21)N(c1nc2ccc(Cl)cc2s1)C3=O. The molecular weight excluding hydrogens is 617 g/mol. The number of benzene rings is 4. The summed E-state index contributed by atoms with van der Waals surface area (Å²) < 4.78 is 7.00. The summed E-state index contributed by atoms with van der Waals surface area (Å²) in [4.78, 5) is 52.0. The van der Waals surface area contributed by atoms with Crippen LogP contribution in [0.25, 0.3) is 21.2 Å². The minimum absolute atomic E-state index is 0.0188. The van der Waals surface area contributed by atoms with Crippen LogP contribution in [0, 0.1) is 13.8 Å². The number of hydrogen-bond acceptors (Lipinski definition) is 6. The monoisotopic (exact) mass is 637 g/mol. The second-order valence-electron chi connectivity index (χ2n) is 11.0. The Kier molecular flexibility index (Phi) is 5.85. The molecule has 0 radical (unpaired) electrons. The van der Waals surface area contributed by atoms with Gasteiger partial charge >= 0.3 is 0 Å². The van der Waals surface area contributed by atoms with Crippen molar-refractivity contribution in [1.29, 1.82) is 0 Å². The minimum Gasteiger partial charge on any atom is -0.450 e. The lowest BCUT2D eigenvalue weighted by atomic mass is 9.84. The highest BCUT2D eigenvalue weighted by molar-refractivity contribution is 7.22. The molecular formula is C34H21Cl2N3O4S. The zero-order valence-corrected chi connectivity index (χ0v) is 25.7. The molecule has 44 heavy (non-hydrogen) atoms. The van der Waals surface area contributed by atoms with Crippen LogP contribution < -0.4 is 15.2 Å². The van der Waals surface area contributed by atoms with Gasteiger partial charge in [0.2, 0.25) is 5.76 Å². The minimum atomic E-state index is -1.87. The molecule has 0 bridgehead atoms. The molecule has 0 aliphatic carbocycles. The lowest BCUT2D eigenvalue weighted by Gasteiger charge is -2.32. The molecule has 7 nitrogen and oxygen atoms in total. The van der Waals surface area contributed by atoms with E-state index in [-0.39, 0.29) is 28.6 Å². The van der Waals surface area contributed by atoms with Gasteiger partial charge in [0.15, 0.2) is 16.1 Å². The van der Waals surface area contributed by atoms with E-state index in [0.717, 1.165) is 21.4 Å². The number of thiazole rings is 1. The third-order valence-electron chi connectivity index (χ3n) is 8.56. The average Bonchev–Trinajstić information content (AvgIpc) is 3.61. The van der Waals surface area contributed by atoms with Crippen molar-refractivity contribution in [3.63, 3.8) is 0 Å². The first kappa shape index (κ1) is 27.1. The molecule has 4 aromatic carbocycles. The van der Waals surface area contributed by atoms with Gasteiger partial charge in [-0.3, -0.25) is 19.3 Å². The number of amides is 2. The second-order valence-corrected chi connectivity index (χ2v) is 12.9. The number of carbonyl (C=O) groups excluding carboxylic acids is 2. The van der Waals surface area contributed by atoms with Crippen molar-refractivity contribution in [3.05, 3.63) is 133 Å². The number of aromatic nitrogens is 1. The van der Waals surface area contributed by atoms with Gasteiger partial charge in [0.1, 0.15) is 5.58 Å². The molecule has 0 fully saturated rings. The number of hydrogen-bond donors (Lipinski definition) is 0. The summed E-state index contributed by atoms with van der Waals surface area (Å²) >= 11 is 14.0. The van der Waals surface area contributed by atoms with Crippen LogP contribution in [0.2, 0.25) is 10.0 Å². The lowest BCUT2D eigenvalue weighted by Crippen LogP contribution is -2.53. The fourth-order valence-electron chi connectivity index (χ4n) is 6.35. The predicted molar refractivity (Wildman–Crippen MR) is 173 cm³/mol. The number of para-hydroxylation sites is 1. The Labute approximate surface area is 264 Å². The molecule has 6 aromatic rings. The van der Waals surface area contributed by atoms with Crippen molar-refractivity contribution in [2.75, 3.05) is 9.80 Å². The Balaban J connectivity index is 1.47. The smallest absolute Gasteiger partial charge is 0.297 e. The molecule has 2 aromatic heterocycles. The van der Waals surface area contributed by atoms with E-state index in [1.165, 1.54) is 16.2 Å². The Morgan fingerprint density at radius 2 is 1.66 bits per heavy atom. The van der Waals surface area contributed by atoms with E-state index in [9.17, 15) is 9.59 Å². The summed E-state index contributed by atoms with van der Waals surface area (Å²) in [5.41, 5.74) is 2.13. The van der Waals surface area contributed by atoms with Gasteiger partial charge in [-0.15, -0.1) is 0 Å². The maximum Gasteiger partial charge on any atom is 0.297 e. The summed E-state index contributed by atoms with van der Waals surface area (Å²) in [7, 11) is 0. The maximum atomic E-state index is 15.1. The highest BCUT2D eigenvalue weighted by atomic mass is 35.5. The van der Waals surface area contributed by atoms with Crippen LogP contribution in [0.1, 0.15) is 38.4 Å². The van der Waals surface area contributed by atoms with E-state index in [2.05, 4.69) is 0 Å². The lowest BCUT2D eigenvalue weighted by molar-refractivity contribution is -0.121. The van der Waals surface area contributed by atoms with Crippen molar-refractivity contribution in [1.82, 2.24) is 4.98 Å². The molecule has 216 valence electrons. The summed E-state index contributed by atoms with van der Waals surface area (Å²) in [6.07, 6.45) is 0. The fraction of sp³-hybridized carbons (Fsp3) is 0.118. The van der Waals surface area contributed by atoms with E-state index in [1.807, 2.05) is 44.2 Å². The van der Waals surface area contributed by atoms with Gasteiger partial charge in [-0.1, -0.05) is 70.9 Å². The van der Waals surface area contributed by atoms with E-state index in [4.69, 9.17) is 32.6 Å². The van der Waals surface area contributed by atoms with Gasteiger partial charge in [0.25, 0.3) is 11.8 Å². The molecule has 2 aliphatic heterocycles. The van der Waals surface area contributed by atoms with E-state index >= 15 is 4.79 Å². The summed E-state index contributed by atoms with van der Waals surface area (Å²) in [6.45, 7) is 3.94. The highest BCUT2D eigenvalue weighted by Crippen LogP contribution is 2.55. The van der Waals surface area contributed by atoms with Crippen LogP contribution in [0.3, 0.4) is 0 Å². The fourth-order valence-corrected chi connectivity index (χ4v) is 7.84. The summed E-state index contributed by atoms with van der Waals surface area (Å²) in [5.74, 6) is -1.27. The number of fused-ring (bicyclic) bond motifs is 6. The topological polar surface area (TPSA) is 83.7 Å². The standard InChI is InChI=1S/C34H21Cl2N3O4S/c1-17-13-21-26(14-18(17)2)43-30-28(29(21)40)34(39(31(30)41)33-37-24-12-11-20(35)15-27(24)44-33)22-8-4-6-10-25(22)38(32(34)42)16-19-7-3-5-9-23(19)36/h3-15H,16H2,1-2H3. The number of halogens is 2. The van der Waals surface area contributed by atoms with Gasteiger partial charge in [0.05, 0.1) is 33.4 Å². The van der Waals surface area contributed by atoms with Gasteiger partial charge in [-0.05, 0) is 73.0 Å². The van der Waals surface area contributed by atoms with Gasteiger partial charge in [0, 0.05) is 15.6 Å². The van der Waals surface area contributed by atoms with Gasteiger partial charge in [-0.2, -0.15) is 0 Å². The quantitative estimate of drug-likeness (QED) is 0.198. The first-order chi connectivity index (χ1) is 21.2. The van der Waals surface area contributed by atoms with Gasteiger partial charge in [-0.25, -0.2) is 4.98 Å². The molecule has 1 unspecified atom stereocenters. The summed E-state index contributed by atoms with van der Waals surface area (Å²) in [5, 5.41) is 1.56. The molecule has 1 spiro atoms. The van der Waals surface area contributed by atoms with E-state index in [0.29, 0.717) is 32.2 Å². The average molecular weight is 639 g/mol. The first-order valence-electron chi connectivity index (χ1n) is 13.8.